The molecule has 0 aromatic heterocycles. The third-order valence-electron chi connectivity index (χ3n) is 3.94. The van der Waals surface area contributed by atoms with Gasteiger partial charge in [0, 0.05) is 0 Å². The van der Waals surface area contributed by atoms with E-state index >= 15 is 0 Å². The summed E-state index contributed by atoms with van der Waals surface area (Å²) in [6.07, 6.45) is 4.27. The summed E-state index contributed by atoms with van der Waals surface area (Å²) in [6, 6.07) is 9.29. The number of fused-ring (bicyclic) bond motifs is 1. The predicted molar refractivity (Wildman–Crippen MR) is 86.1 cm³/mol. The monoisotopic (exact) mass is 283 g/mol. The van der Waals surface area contributed by atoms with Crippen LogP contribution in [0.3, 0.4) is 0 Å². The molecule has 20 heavy (non-hydrogen) atoms. The normalized spacial score (nSPS) is 30.1. The quantitative estimate of drug-likeness (QED) is 0.905. The van der Waals surface area contributed by atoms with Crippen LogP contribution >= 0.6 is 11.8 Å². The topological polar surface area (TPSA) is 36.8 Å². The van der Waals surface area contributed by atoms with Crippen LogP contribution in [0, 0.1) is 12.8 Å². The van der Waals surface area contributed by atoms with E-state index in [2.05, 4.69) is 46.9 Å². The Morgan fingerprint density at radius 1 is 1.25 bits per heavy atom. The minimum Gasteiger partial charge on any atom is -0.335 e. The lowest BCUT2D eigenvalue weighted by atomic mass is 9.91. The zero-order valence-corrected chi connectivity index (χ0v) is 12.2. The second-order valence-corrected chi connectivity index (χ2v) is 6.60. The maximum atomic E-state index is 4.84. The number of hydrogen-bond donors (Lipinski definition) is 1. The van der Waals surface area contributed by atoms with Crippen LogP contribution in [0.4, 0.5) is 0 Å². The molecule has 1 fully saturated rings. The standard InChI is InChI=1S/C16H17N3S/c1-10-2-4-11(5-3-10)13-8-20-16-14(13)15(17-9-18-16)19-12-6-7-12/h2-5,8-9,12,14,16H,6-7H2,1H3,(H,17,18,19)/t14-,16+/m0/s1. The Labute approximate surface area is 123 Å². The van der Waals surface area contributed by atoms with Crippen molar-refractivity contribution in [3.63, 3.8) is 0 Å². The number of thioether (sulfide) groups is 1. The van der Waals surface area contributed by atoms with Gasteiger partial charge in [-0.05, 0) is 36.3 Å². The van der Waals surface area contributed by atoms with Gasteiger partial charge in [0.15, 0.2) is 0 Å². The van der Waals surface area contributed by atoms with E-state index in [1.165, 1.54) is 29.5 Å². The fraction of sp³-hybridized carbons (Fsp3) is 0.375. The Balaban J connectivity index is 1.69. The first kappa shape index (κ1) is 12.2. The summed E-state index contributed by atoms with van der Waals surface area (Å²) in [7, 11) is 0. The lowest BCUT2D eigenvalue weighted by Crippen LogP contribution is -2.39. The van der Waals surface area contributed by atoms with Crippen molar-refractivity contribution in [2.24, 2.45) is 15.9 Å². The summed E-state index contributed by atoms with van der Waals surface area (Å²) >= 11 is 1.80. The summed E-state index contributed by atoms with van der Waals surface area (Å²) in [6.45, 7) is 2.12. The average molecular weight is 283 g/mol. The lowest BCUT2D eigenvalue weighted by molar-refractivity contribution is 0.786. The first-order valence-corrected chi connectivity index (χ1v) is 8.04. The van der Waals surface area contributed by atoms with E-state index in [1.54, 1.807) is 18.1 Å². The third-order valence-corrected chi connectivity index (χ3v) is 5.00. The van der Waals surface area contributed by atoms with Crippen molar-refractivity contribution in [1.82, 2.24) is 5.32 Å². The number of aliphatic imine (C=N–C) groups is 2. The van der Waals surface area contributed by atoms with Crippen molar-refractivity contribution < 1.29 is 0 Å². The first-order chi connectivity index (χ1) is 9.81. The molecule has 3 nitrogen and oxygen atoms in total. The summed E-state index contributed by atoms with van der Waals surface area (Å²) in [4.78, 5) is 9.40. The molecule has 0 unspecified atom stereocenters. The summed E-state index contributed by atoms with van der Waals surface area (Å²) in [5.74, 6) is 1.39. The second kappa shape index (κ2) is 4.77. The van der Waals surface area contributed by atoms with Gasteiger partial charge in [-0.3, -0.25) is 9.98 Å². The van der Waals surface area contributed by atoms with Crippen LogP contribution in [0.15, 0.2) is 39.7 Å². The molecule has 4 heteroatoms. The molecule has 2 heterocycles. The van der Waals surface area contributed by atoms with Crippen molar-refractivity contribution in [3.8, 4) is 0 Å². The smallest absolute Gasteiger partial charge is 0.115 e. The van der Waals surface area contributed by atoms with E-state index in [0.717, 1.165) is 5.84 Å². The van der Waals surface area contributed by atoms with E-state index in [4.69, 9.17) is 4.99 Å². The largest absolute Gasteiger partial charge is 0.335 e. The highest BCUT2D eigenvalue weighted by molar-refractivity contribution is 8.03. The fourth-order valence-electron chi connectivity index (χ4n) is 2.63. The van der Waals surface area contributed by atoms with Gasteiger partial charge in [-0.1, -0.05) is 29.8 Å². The molecule has 0 saturated heterocycles. The van der Waals surface area contributed by atoms with Gasteiger partial charge in [0.05, 0.1) is 18.3 Å². The number of rotatable bonds is 2. The van der Waals surface area contributed by atoms with Gasteiger partial charge in [0.25, 0.3) is 0 Å². The molecule has 1 aromatic rings. The Morgan fingerprint density at radius 3 is 2.80 bits per heavy atom. The summed E-state index contributed by atoms with van der Waals surface area (Å²) < 4.78 is 0. The molecule has 0 spiro atoms. The van der Waals surface area contributed by atoms with Crippen LogP contribution in [-0.2, 0) is 0 Å². The number of amidine groups is 1. The van der Waals surface area contributed by atoms with E-state index in [0.29, 0.717) is 6.04 Å². The predicted octanol–water partition coefficient (Wildman–Crippen LogP) is 3.22. The molecular weight excluding hydrogens is 266 g/mol. The van der Waals surface area contributed by atoms with Crippen LogP contribution in [0.2, 0.25) is 0 Å². The third kappa shape index (κ3) is 2.18. The Morgan fingerprint density at radius 2 is 2.05 bits per heavy atom. The van der Waals surface area contributed by atoms with Crippen molar-refractivity contribution in [2.45, 2.75) is 31.2 Å². The molecule has 4 rings (SSSR count). The lowest BCUT2D eigenvalue weighted by Gasteiger charge is -2.25. The number of nitrogens with one attached hydrogen (secondary N) is 1. The minimum absolute atomic E-state index is 0.255. The van der Waals surface area contributed by atoms with Crippen molar-refractivity contribution in [1.29, 1.82) is 0 Å². The van der Waals surface area contributed by atoms with E-state index in [-0.39, 0.29) is 11.3 Å². The molecule has 1 aromatic carbocycles. The molecule has 2 aliphatic heterocycles. The maximum absolute atomic E-state index is 4.84. The first-order valence-electron chi connectivity index (χ1n) is 7.10. The molecule has 1 aliphatic carbocycles. The van der Waals surface area contributed by atoms with Gasteiger partial charge < -0.3 is 5.32 Å². The van der Waals surface area contributed by atoms with Gasteiger partial charge in [0.2, 0.25) is 0 Å². The van der Waals surface area contributed by atoms with Gasteiger partial charge in [-0.15, -0.1) is 11.8 Å². The highest BCUT2D eigenvalue weighted by Gasteiger charge is 2.38. The molecule has 1 saturated carbocycles. The van der Waals surface area contributed by atoms with Crippen LogP contribution in [-0.4, -0.2) is 23.6 Å². The van der Waals surface area contributed by atoms with Gasteiger partial charge in [0.1, 0.15) is 11.2 Å². The summed E-state index contributed by atoms with van der Waals surface area (Å²) in [5, 5.41) is 5.79. The Hall–Kier alpha value is -1.55. The molecule has 102 valence electrons. The zero-order chi connectivity index (χ0) is 13.5. The molecule has 0 radical (unpaired) electrons. The molecular formula is C16H17N3S. The van der Waals surface area contributed by atoms with Gasteiger partial charge in [-0.2, -0.15) is 0 Å². The molecule has 2 atom stereocenters. The molecule has 0 amide bonds. The Kier molecular flexibility index (Phi) is 2.91. The van der Waals surface area contributed by atoms with Crippen molar-refractivity contribution in [2.75, 3.05) is 0 Å². The molecule has 0 bridgehead atoms. The van der Waals surface area contributed by atoms with Crippen LogP contribution in [0.5, 0.6) is 0 Å². The van der Waals surface area contributed by atoms with Gasteiger partial charge >= 0.3 is 0 Å². The fourth-order valence-corrected chi connectivity index (χ4v) is 3.76. The van der Waals surface area contributed by atoms with Crippen LogP contribution < -0.4 is 5.32 Å². The van der Waals surface area contributed by atoms with E-state index in [9.17, 15) is 0 Å². The number of benzene rings is 1. The van der Waals surface area contributed by atoms with E-state index < -0.39 is 0 Å². The number of hydrogen-bond acceptors (Lipinski definition) is 3. The SMILES string of the molecule is Cc1ccc(C2=CS[C@H]3N=CNC(=NC4CC4)[C@H]23)cc1. The second-order valence-electron chi connectivity index (χ2n) is 5.61. The van der Waals surface area contributed by atoms with Gasteiger partial charge in [-0.25, -0.2) is 0 Å². The Bertz CT molecular complexity index is 611. The number of aryl methyl sites for hydroxylation is 1. The molecule has 3 aliphatic rings. The maximum Gasteiger partial charge on any atom is 0.115 e. The van der Waals surface area contributed by atoms with E-state index in [1.807, 2.05) is 0 Å². The highest BCUT2D eigenvalue weighted by Crippen LogP contribution is 2.43. The van der Waals surface area contributed by atoms with Crippen molar-refractivity contribution in [3.05, 3.63) is 40.8 Å². The van der Waals surface area contributed by atoms with Crippen LogP contribution in [0.1, 0.15) is 24.0 Å². The highest BCUT2D eigenvalue weighted by atomic mass is 32.2. The summed E-state index contributed by atoms with van der Waals surface area (Å²) in [5.41, 5.74) is 3.94. The zero-order valence-electron chi connectivity index (χ0n) is 11.4. The van der Waals surface area contributed by atoms with Crippen molar-refractivity contribution >= 4 is 29.5 Å². The molecule has 1 N–H and O–H groups in total. The average Bonchev–Trinajstić information content (AvgIpc) is 3.16. The minimum atomic E-state index is 0.255. The number of nitrogens with zero attached hydrogens (tertiary/aromatic N) is 2. The van der Waals surface area contributed by atoms with Crippen LogP contribution in [0.25, 0.3) is 5.57 Å².